The van der Waals surface area contributed by atoms with Crippen molar-refractivity contribution in [3.8, 4) is 5.88 Å². The molecule has 1 aliphatic heterocycles. The van der Waals surface area contributed by atoms with Crippen molar-refractivity contribution in [1.29, 1.82) is 0 Å². The van der Waals surface area contributed by atoms with Crippen LogP contribution in [-0.2, 0) is 11.3 Å². The number of nitrogens with zero attached hydrogens (tertiary/aromatic N) is 2. The monoisotopic (exact) mass is 193 g/mol. The van der Waals surface area contributed by atoms with E-state index in [1.54, 1.807) is 13.3 Å². The van der Waals surface area contributed by atoms with E-state index in [1.807, 2.05) is 6.07 Å². The Bertz CT molecular complexity index is 378. The van der Waals surface area contributed by atoms with Crippen LogP contribution in [0.1, 0.15) is 12.5 Å². The van der Waals surface area contributed by atoms with Crippen LogP contribution in [0, 0.1) is 0 Å². The number of fused-ring (bicyclic) bond motifs is 1. The van der Waals surface area contributed by atoms with Gasteiger partial charge in [-0.1, -0.05) is 0 Å². The summed E-state index contributed by atoms with van der Waals surface area (Å²) >= 11 is 0. The lowest BCUT2D eigenvalue weighted by Crippen LogP contribution is -2.36. The largest absolute Gasteiger partial charge is 0.481 e. The van der Waals surface area contributed by atoms with Crippen LogP contribution in [0.15, 0.2) is 12.3 Å². The van der Waals surface area contributed by atoms with Gasteiger partial charge in [0.25, 0.3) is 0 Å². The highest BCUT2D eigenvalue weighted by molar-refractivity contribution is 5.92. The molecule has 0 atom stereocenters. The summed E-state index contributed by atoms with van der Waals surface area (Å²) in [5, 5.41) is 1.49. The maximum Gasteiger partial charge on any atom is 0.238 e. The van der Waals surface area contributed by atoms with Crippen LogP contribution in [0.25, 0.3) is 0 Å². The molecule has 1 aliphatic rings. The van der Waals surface area contributed by atoms with Gasteiger partial charge < -0.3 is 4.74 Å². The quantitative estimate of drug-likeness (QED) is 0.704. The summed E-state index contributed by atoms with van der Waals surface area (Å²) in [6.07, 6.45) is 1.63. The summed E-state index contributed by atoms with van der Waals surface area (Å²) < 4.78 is 4.99. The molecule has 1 amide bonds. The van der Waals surface area contributed by atoms with Gasteiger partial charge in [0.2, 0.25) is 11.8 Å². The average molecular weight is 193 g/mol. The van der Waals surface area contributed by atoms with E-state index in [1.165, 1.54) is 11.9 Å². The number of hydrogen-bond donors (Lipinski definition) is 1. The second kappa shape index (κ2) is 3.26. The number of methoxy groups -OCH3 is 1. The highest BCUT2D eigenvalue weighted by Crippen LogP contribution is 2.26. The number of carbonyl (C=O) groups is 1. The van der Waals surface area contributed by atoms with Gasteiger partial charge in [-0.15, -0.1) is 0 Å². The van der Waals surface area contributed by atoms with Crippen molar-refractivity contribution in [3.05, 3.63) is 17.8 Å². The summed E-state index contributed by atoms with van der Waals surface area (Å²) in [5.74, 6) is 0.520. The number of amides is 1. The summed E-state index contributed by atoms with van der Waals surface area (Å²) in [6.45, 7) is 2.14. The fourth-order valence-electron chi connectivity index (χ4n) is 1.45. The Morgan fingerprint density at radius 1 is 1.71 bits per heavy atom. The summed E-state index contributed by atoms with van der Waals surface area (Å²) in [6, 6.07) is 1.82. The Morgan fingerprint density at radius 2 is 2.50 bits per heavy atom. The normalized spacial score (nSPS) is 14.0. The maximum absolute atomic E-state index is 11.2. The van der Waals surface area contributed by atoms with Crippen molar-refractivity contribution in [2.24, 2.45) is 0 Å². The number of carbonyl (C=O) groups excluding carboxylic acids is 1. The summed E-state index contributed by atoms with van der Waals surface area (Å²) in [7, 11) is 1.57. The zero-order valence-electron chi connectivity index (χ0n) is 8.07. The van der Waals surface area contributed by atoms with E-state index in [0.29, 0.717) is 12.4 Å². The van der Waals surface area contributed by atoms with E-state index < -0.39 is 0 Å². The molecule has 1 N–H and O–H groups in total. The second-order valence-electron chi connectivity index (χ2n) is 3.04. The lowest BCUT2D eigenvalue weighted by atomic mass is 10.2. The molecule has 0 aliphatic carbocycles. The lowest BCUT2D eigenvalue weighted by Gasteiger charge is -2.13. The maximum atomic E-state index is 11.2. The number of pyridine rings is 1. The van der Waals surface area contributed by atoms with Crippen LogP contribution in [0.2, 0.25) is 0 Å². The van der Waals surface area contributed by atoms with Gasteiger partial charge in [0.15, 0.2) is 0 Å². The molecule has 2 rings (SSSR count). The first-order chi connectivity index (χ1) is 6.72. The molecular formula is C9H11N3O2. The van der Waals surface area contributed by atoms with Gasteiger partial charge in [0.1, 0.15) is 0 Å². The molecule has 5 nitrogen and oxygen atoms in total. The van der Waals surface area contributed by atoms with E-state index in [9.17, 15) is 4.79 Å². The standard InChI is InChI=1S/C9H11N3O2/c1-6(13)12-8-5-10-9(14-2)3-7(8)4-11-12/h3,5,11H,4H2,1-2H3. The third-order valence-corrected chi connectivity index (χ3v) is 2.13. The zero-order chi connectivity index (χ0) is 10.1. The van der Waals surface area contributed by atoms with Gasteiger partial charge in [0, 0.05) is 25.1 Å². The smallest absolute Gasteiger partial charge is 0.238 e. The number of aromatic nitrogens is 1. The molecule has 0 saturated heterocycles. The van der Waals surface area contributed by atoms with Crippen molar-refractivity contribution in [3.63, 3.8) is 0 Å². The van der Waals surface area contributed by atoms with Crippen molar-refractivity contribution < 1.29 is 9.53 Å². The van der Waals surface area contributed by atoms with Crippen molar-refractivity contribution >= 4 is 11.6 Å². The van der Waals surface area contributed by atoms with Crippen LogP contribution in [0.5, 0.6) is 5.88 Å². The average Bonchev–Trinajstić information content (AvgIpc) is 2.59. The van der Waals surface area contributed by atoms with Crippen LogP contribution in [0.3, 0.4) is 0 Å². The van der Waals surface area contributed by atoms with Crippen LogP contribution < -0.4 is 15.2 Å². The van der Waals surface area contributed by atoms with Gasteiger partial charge in [-0.2, -0.15) is 0 Å². The molecule has 5 heteroatoms. The second-order valence-corrected chi connectivity index (χ2v) is 3.04. The first kappa shape index (κ1) is 8.96. The van der Waals surface area contributed by atoms with Crippen molar-refractivity contribution in [2.45, 2.75) is 13.5 Å². The molecular weight excluding hydrogens is 182 g/mol. The Labute approximate surface area is 81.7 Å². The molecule has 0 radical (unpaired) electrons. The first-order valence-electron chi connectivity index (χ1n) is 4.29. The fraction of sp³-hybridized carbons (Fsp3) is 0.333. The van der Waals surface area contributed by atoms with Gasteiger partial charge in [0.05, 0.1) is 19.0 Å². The number of ether oxygens (including phenoxy) is 1. The Morgan fingerprint density at radius 3 is 3.14 bits per heavy atom. The Hall–Kier alpha value is -1.62. The van der Waals surface area contributed by atoms with Gasteiger partial charge in [-0.3, -0.25) is 4.79 Å². The molecule has 1 aromatic heterocycles. The zero-order valence-corrected chi connectivity index (χ0v) is 8.07. The predicted molar refractivity (Wildman–Crippen MR) is 50.8 cm³/mol. The van der Waals surface area contributed by atoms with E-state index in [2.05, 4.69) is 10.4 Å². The molecule has 1 aromatic rings. The number of rotatable bonds is 1. The minimum absolute atomic E-state index is 0.0456. The number of nitrogens with one attached hydrogen (secondary N) is 1. The van der Waals surface area contributed by atoms with Gasteiger partial charge in [-0.25, -0.2) is 15.4 Å². The fourth-order valence-corrected chi connectivity index (χ4v) is 1.45. The van der Waals surface area contributed by atoms with Crippen molar-refractivity contribution in [1.82, 2.24) is 10.4 Å². The topological polar surface area (TPSA) is 54.5 Å². The SMILES string of the molecule is COc1cc2c(cn1)N(C(C)=O)NC2. The highest BCUT2D eigenvalue weighted by Gasteiger charge is 2.22. The van der Waals surface area contributed by atoms with E-state index in [0.717, 1.165) is 11.3 Å². The minimum atomic E-state index is -0.0456. The number of hydrogen-bond acceptors (Lipinski definition) is 4. The summed E-state index contributed by atoms with van der Waals surface area (Å²) in [4.78, 5) is 15.2. The molecule has 0 fully saturated rings. The van der Waals surface area contributed by atoms with Gasteiger partial charge >= 0.3 is 0 Å². The first-order valence-corrected chi connectivity index (χ1v) is 4.29. The third kappa shape index (κ3) is 1.31. The molecule has 0 saturated carbocycles. The van der Waals surface area contributed by atoms with E-state index >= 15 is 0 Å². The van der Waals surface area contributed by atoms with E-state index in [4.69, 9.17) is 4.74 Å². The number of anilines is 1. The number of hydrazine groups is 1. The van der Waals surface area contributed by atoms with Crippen LogP contribution in [-0.4, -0.2) is 18.0 Å². The highest BCUT2D eigenvalue weighted by atomic mass is 16.5. The molecule has 2 heterocycles. The molecule has 0 unspecified atom stereocenters. The molecule has 74 valence electrons. The summed E-state index contributed by atoms with van der Waals surface area (Å²) in [5.41, 5.74) is 4.79. The van der Waals surface area contributed by atoms with Crippen LogP contribution >= 0.6 is 0 Å². The molecule has 0 bridgehead atoms. The van der Waals surface area contributed by atoms with Gasteiger partial charge in [-0.05, 0) is 0 Å². The Balaban J connectivity index is 2.38. The van der Waals surface area contributed by atoms with Crippen molar-refractivity contribution in [2.75, 3.05) is 12.1 Å². The lowest BCUT2D eigenvalue weighted by molar-refractivity contribution is -0.117. The Kier molecular flexibility index (Phi) is 2.09. The van der Waals surface area contributed by atoms with E-state index in [-0.39, 0.29) is 5.91 Å². The molecule has 14 heavy (non-hydrogen) atoms. The minimum Gasteiger partial charge on any atom is -0.481 e. The molecule has 0 spiro atoms. The molecule has 0 aromatic carbocycles. The van der Waals surface area contributed by atoms with Crippen LogP contribution in [0.4, 0.5) is 5.69 Å². The third-order valence-electron chi connectivity index (χ3n) is 2.13. The predicted octanol–water partition coefficient (Wildman–Crippen LogP) is 0.461.